The van der Waals surface area contributed by atoms with Crippen molar-refractivity contribution in [3.63, 3.8) is 0 Å². The van der Waals surface area contributed by atoms with Crippen molar-refractivity contribution in [1.82, 2.24) is 10.2 Å². The molecule has 0 aliphatic carbocycles. The van der Waals surface area contributed by atoms with Gasteiger partial charge in [0.1, 0.15) is 0 Å². The molecular formula is C13H27ClN2O. The van der Waals surface area contributed by atoms with Crippen LogP contribution in [0.5, 0.6) is 0 Å². The Bertz CT molecular complexity index is 250. The standard InChI is InChI=1S/C13H26N2O.ClH/c1-10(13(2,3)4)12(16)15-7-6-11(9-15)8-14-5;/h10-11,14H,6-9H2,1-5H3;1H. The molecule has 1 N–H and O–H groups in total. The molecule has 0 aromatic heterocycles. The summed E-state index contributed by atoms with van der Waals surface area (Å²) in [5, 5.41) is 3.19. The van der Waals surface area contributed by atoms with Gasteiger partial charge >= 0.3 is 0 Å². The quantitative estimate of drug-likeness (QED) is 0.845. The molecule has 4 heteroatoms. The zero-order valence-corrected chi connectivity index (χ0v) is 12.6. The summed E-state index contributed by atoms with van der Waals surface area (Å²) in [6, 6.07) is 0. The van der Waals surface area contributed by atoms with Crippen LogP contribution >= 0.6 is 12.4 Å². The molecular weight excluding hydrogens is 236 g/mol. The Morgan fingerprint density at radius 1 is 1.47 bits per heavy atom. The Hall–Kier alpha value is -0.280. The van der Waals surface area contributed by atoms with Crippen LogP contribution in [0.3, 0.4) is 0 Å². The highest BCUT2D eigenvalue weighted by Crippen LogP contribution is 2.29. The minimum atomic E-state index is 0. The Balaban J connectivity index is 0.00000256. The Morgan fingerprint density at radius 3 is 2.53 bits per heavy atom. The van der Waals surface area contributed by atoms with Crippen LogP contribution in [0.25, 0.3) is 0 Å². The maximum atomic E-state index is 12.2. The molecule has 1 rings (SSSR count). The molecule has 1 aliphatic rings. The van der Waals surface area contributed by atoms with Crippen molar-refractivity contribution in [2.24, 2.45) is 17.3 Å². The van der Waals surface area contributed by atoms with Gasteiger partial charge in [-0.1, -0.05) is 27.7 Å². The van der Waals surface area contributed by atoms with Gasteiger partial charge in [-0.05, 0) is 31.3 Å². The van der Waals surface area contributed by atoms with E-state index < -0.39 is 0 Å². The van der Waals surface area contributed by atoms with E-state index in [1.807, 2.05) is 18.9 Å². The molecule has 102 valence electrons. The smallest absolute Gasteiger partial charge is 0.225 e. The van der Waals surface area contributed by atoms with E-state index in [4.69, 9.17) is 0 Å². The minimum absolute atomic E-state index is 0. The molecule has 0 aromatic carbocycles. The lowest BCUT2D eigenvalue weighted by Crippen LogP contribution is -2.39. The number of likely N-dealkylation sites (tertiary alicyclic amines) is 1. The van der Waals surface area contributed by atoms with Gasteiger partial charge in [-0.2, -0.15) is 0 Å². The number of carbonyl (C=O) groups excluding carboxylic acids is 1. The van der Waals surface area contributed by atoms with Crippen molar-refractivity contribution >= 4 is 18.3 Å². The maximum absolute atomic E-state index is 12.2. The van der Waals surface area contributed by atoms with Gasteiger partial charge in [0, 0.05) is 19.0 Å². The molecule has 0 radical (unpaired) electrons. The number of amides is 1. The number of hydrogen-bond donors (Lipinski definition) is 1. The Morgan fingerprint density at radius 2 is 2.06 bits per heavy atom. The van der Waals surface area contributed by atoms with E-state index in [0.29, 0.717) is 11.8 Å². The largest absolute Gasteiger partial charge is 0.342 e. The van der Waals surface area contributed by atoms with Gasteiger partial charge in [0.15, 0.2) is 0 Å². The van der Waals surface area contributed by atoms with Crippen molar-refractivity contribution < 1.29 is 4.79 Å². The average Bonchev–Trinajstić information content (AvgIpc) is 2.63. The number of carbonyl (C=O) groups is 1. The number of halogens is 1. The number of rotatable bonds is 3. The molecule has 1 amide bonds. The van der Waals surface area contributed by atoms with Gasteiger partial charge in [0.2, 0.25) is 5.91 Å². The maximum Gasteiger partial charge on any atom is 0.225 e. The average molecular weight is 263 g/mol. The van der Waals surface area contributed by atoms with Crippen LogP contribution in [0.1, 0.15) is 34.1 Å². The lowest BCUT2D eigenvalue weighted by atomic mass is 9.81. The summed E-state index contributed by atoms with van der Waals surface area (Å²) >= 11 is 0. The van der Waals surface area contributed by atoms with Crippen LogP contribution in [0.15, 0.2) is 0 Å². The molecule has 2 atom stereocenters. The van der Waals surface area contributed by atoms with Crippen molar-refractivity contribution in [2.45, 2.75) is 34.1 Å². The lowest BCUT2D eigenvalue weighted by Gasteiger charge is -2.30. The summed E-state index contributed by atoms with van der Waals surface area (Å²) in [4.78, 5) is 14.3. The normalized spacial score (nSPS) is 22.2. The fraction of sp³-hybridized carbons (Fsp3) is 0.923. The molecule has 1 aliphatic heterocycles. The van der Waals surface area contributed by atoms with E-state index in [1.54, 1.807) is 0 Å². The highest BCUT2D eigenvalue weighted by molar-refractivity contribution is 5.85. The molecule has 0 aromatic rings. The first-order valence-corrected chi connectivity index (χ1v) is 6.29. The predicted octanol–water partition coefficient (Wildman–Crippen LogP) is 2.16. The van der Waals surface area contributed by atoms with Crippen molar-refractivity contribution in [3.05, 3.63) is 0 Å². The van der Waals surface area contributed by atoms with Crippen LogP contribution in [0, 0.1) is 17.3 Å². The molecule has 1 heterocycles. The van der Waals surface area contributed by atoms with Crippen LogP contribution < -0.4 is 5.32 Å². The Labute approximate surface area is 112 Å². The minimum Gasteiger partial charge on any atom is -0.342 e. The first-order valence-electron chi connectivity index (χ1n) is 6.29. The molecule has 3 nitrogen and oxygen atoms in total. The van der Waals surface area contributed by atoms with Gasteiger partial charge in [-0.25, -0.2) is 0 Å². The topological polar surface area (TPSA) is 32.3 Å². The fourth-order valence-corrected chi connectivity index (χ4v) is 2.13. The molecule has 2 unspecified atom stereocenters. The summed E-state index contributed by atoms with van der Waals surface area (Å²) in [6.45, 7) is 11.3. The van der Waals surface area contributed by atoms with E-state index >= 15 is 0 Å². The molecule has 0 saturated carbocycles. The second-order valence-corrected chi connectivity index (χ2v) is 6.08. The summed E-state index contributed by atoms with van der Waals surface area (Å²) in [5.41, 5.74) is 0.0676. The zero-order chi connectivity index (χ0) is 12.3. The van der Waals surface area contributed by atoms with Crippen LogP contribution in [0.2, 0.25) is 0 Å². The van der Waals surface area contributed by atoms with E-state index in [0.717, 1.165) is 26.1 Å². The van der Waals surface area contributed by atoms with Crippen LogP contribution in [0.4, 0.5) is 0 Å². The third-order valence-electron chi connectivity index (χ3n) is 3.76. The Kier molecular flexibility index (Phi) is 6.49. The summed E-state index contributed by atoms with van der Waals surface area (Å²) in [6.07, 6.45) is 1.14. The van der Waals surface area contributed by atoms with Gasteiger partial charge in [0.05, 0.1) is 0 Å². The summed E-state index contributed by atoms with van der Waals surface area (Å²) in [7, 11) is 1.97. The third-order valence-corrected chi connectivity index (χ3v) is 3.76. The summed E-state index contributed by atoms with van der Waals surface area (Å²) in [5.74, 6) is 1.08. The number of nitrogens with zero attached hydrogens (tertiary/aromatic N) is 1. The fourth-order valence-electron chi connectivity index (χ4n) is 2.13. The molecule has 1 fully saturated rings. The molecule has 0 spiro atoms. The first-order chi connectivity index (χ1) is 7.36. The van der Waals surface area contributed by atoms with E-state index in [9.17, 15) is 4.79 Å². The van der Waals surface area contributed by atoms with Gasteiger partial charge in [0.25, 0.3) is 0 Å². The van der Waals surface area contributed by atoms with Crippen molar-refractivity contribution in [1.29, 1.82) is 0 Å². The number of nitrogens with one attached hydrogen (secondary N) is 1. The second-order valence-electron chi connectivity index (χ2n) is 6.08. The number of hydrogen-bond acceptors (Lipinski definition) is 2. The molecule has 1 saturated heterocycles. The lowest BCUT2D eigenvalue weighted by molar-refractivity contribution is -0.137. The second kappa shape index (κ2) is 6.60. The van der Waals surface area contributed by atoms with Crippen LogP contribution in [-0.2, 0) is 4.79 Å². The van der Waals surface area contributed by atoms with Crippen molar-refractivity contribution in [2.75, 3.05) is 26.7 Å². The van der Waals surface area contributed by atoms with E-state index in [1.165, 1.54) is 0 Å². The first kappa shape index (κ1) is 16.7. The summed E-state index contributed by atoms with van der Waals surface area (Å²) < 4.78 is 0. The molecule has 0 bridgehead atoms. The monoisotopic (exact) mass is 262 g/mol. The van der Waals surface area contributed by atoms with Gasteiger partial charge in [-0.15, -0.1) is 12.4 Å². The van der Waals surface area contributed by atoms with E-state index in [-0.39, 0.29) is 23.7 Å². The van der Waals surface area contributed by atoms with Gasteiger partial charge < -0.3 is 10.2 Å². The molecule has 17 heavy (non-hydrogen) atoms. The SMILES string of the molecule is CNCC1CCN(C(=O)C(C)C(C)(C)C)C1.Cl. The highest BCUT2D eigenvalue weighted by Gasteiger charge is 2.33. The van der Waals surface area contributed by atoms with Gasteiger partial charge in [-0.3, -0.25) is 4.79 Å². The highest BCUT2D eigenvalue weighted by atomic mass is 35.5. The third kappa shape index (κ3) is 4.47. The predicted molar refractivity (Wildman–Crippen MR) is 74.5 cm³/mol. The van der Waals surface area contributed by atoms with Crippen LogP contribution in [-0.4, -0.2) is 37.5 Å². The van der Waals surface area contributed by atoms with E-state index in [2.05, 4.69) is 26.1 Å². The van der Waals surface area contributed by atoms with Crippen molar-refractivity contribution in [3.8, 4) is 0 Å². The zero-order valence-electron chi connectivity index (χ0n) is 11.7.